The third-order valence-corrected chi connectivity index (χ3v) is 7.45. The van der Waals surface area contributed by atoms with Gasteiger partial charge in [0.25, 0.3) is 11.8 Å². The Hall–Kier alpha value is -3.06. The number of rotatable bonds is 4. The van der Waals surface area contributed by atoms with Crippen molar-refractivity contribution in [2.75, 3.05) is 16.3 Å². The van der Waals surface area contributed by atoms with Crippen LogP contribution in [0.2, 0.25) is 0 Å². The van der Waals surface area contributed by atoms with Crippen molar-refractivity contribution in [3.63, 3.8) is 0 Å². The first kappa shape index (κ1) is 25.0. The lowest BCUT2D eigenvalue weighted by atomic mass is 9.79. The minimum atomic E-state index is -0.625. The zero-order valence-corrected chi connectivity index (χ0v) is 22.0. The molecule has 5 nitrogen and oxygen atoms in total. The number of carbonyl (C=O) groups is 2. The molecular formula is C28H32FN3O2S. The lowest BCUT2D eigenvalue weighted by Gasteiger charge is -2.47. The molecule has 1 atom stereocenters. The Morgan fingerprint density at radius 1 is 1.20 bits per heavy atom. The molecule has 2 aromatic rings. The van der Waals surface area contributed by atoms with E-state index in [9.17, 15) is 9.59 Å². The number of halogens is 1. The predicted molar refractivity (Wildman–Crippen MR) is 143 cm³/mol. The fourth-order valence-corrected chi connectivity index (χ4v) is 5.56. The van der Waals surface area contributed by atoms with Gasteiger partial charge in [-0.1, -0.05) is 26.0 Å². The first-order valence-electron chi connectivity index (χ1n) is 12.0. The van der Waals surface area contributed by atoms with Crippen molar-refractivity contribution in [1.82, 2.24) is 5.32 Å². The summed E-state index contributed by atoms with van der Waals surface area (Å²) < 4.78 is 15.4. The van der Waals surface area contributed by atoms with Crippen LogP contribution in [0.15, 0.2) is 35.9 Å². The molecule has 2 amide bonds. The number of hydrogen-bond donors (Lipinski definition) is 1. The summed E-state index contributed by atoms with van der Waals surface area (Å²) >= 11 is 5.33. The van der Waals surface area contributed by atoms with Gasteiger partial charge < -0.3 is 4.90 Å². The van der Waals surface area contributed by atoms with Crippen LogP contribution in [0.25, 0.3) is 6.08 Å². The minimum absolute atomic E-state index is 0.0165. The SMILES string of the molecule is CCCN1c2cc(F)c(/C=C3/C(=O)NC(=S)N(c4cccc(C)c4C)C3=O)cc2C(C)CC1(C)C. The number of aryl methyl sites for hydroxylation is 1. The summed E-state index contributed by atoms with van der Waals surface area (Å²) in [5.41, 5.74) is 4.37. The monoisotopic (exact) mass is 493 g/mol. The van der Waals surface area contributed by atoms with Gasteiger partial charge in [-0.2, -0.15) is 0 Å². The molecular weight excluding hydrogens is 461 g/mol. The second-order valence-corrected chi connectivity index (χ2v) is 10.6. The van der Waals surface area contributed by atoms with Gasteiger partial charge in [-0.05, 0) is 99.6 Å². The van der Waals surface area contributed by atoms with Crippen molar-refractivity contribution in [3.05, 3.63) is 64.0 Å². The highest BCUT2D eigenvalue weighted by Crippen LogP contribution is 2.44. The van der Waals surface area contributed by atoms with E-state index in [0.29, 0.717) is 5.69 Å². The van der Waals surface area contributed by atoms with Gasteiger partial charge in [-0.3, -0.25) is 19.8 Å². The van der Waals surface area contributed by atoms with Gasteiger partial charge in [-0.25, -0.2) is 4.39 Å². The molecule has 2 heterocycles. The predicted octanol–water partition coefficient (Wildman–Crippen LogP) is 5.78. The Balaban J connectivity index is 1.79. The second kappa shape index (κ2) is 9.19. The summed E-state index contributed by atoms with van der Waals surface area (Å²) in [4.78, 5) is 29.9. The lowest BCUT2D eigenvalue weighted by molar-refractivity contribution is -0.122. The molecule has 2 aliphatic heterocycles. The molecule has 2 aromatic carbocycles. The van der Waals surface area contributed by atoms with Crippen molar-refractivity contribution in [3.8, 4) is 0 Å². The summed E-state index contributed by atoms with van der Waals surface area (Å²) in [6, 6.07) is 8.90. The largest absolute Gasteiger partial charge is 0.366 e. The summed E-state index contributed by atoms with van der Waals surface area (Å²) in [5, 5.41) is 2.62. The van der Waals surface area contributed by atoms with Gasteiger partial charge in [0.2, 0.25) is 0 Å². The second-order valence-electron chi connectivity index (χ2n) is 10.2. The van der Waals surface area contributed by atoms with Crippen molar-refractivity contribution in [2.45, 2.75) is 65.8 Å². The number of amides is 2. The third-order valence-electron chi connectivity index (χ3n) is 7.17. The van der Waals surface area contributed by atoms with Crippen molar-refractivity contribution in [2.24, 2.45) is 0 Å². The summed E-state index contributed by atoms with van der Waals surface area (Å²) in [7, 11) is 0. The molecule has 2 aliphatic rings. The fourth-order valence-electron chi connectivity index (χ4n) is 5.29. The third kappa shape index (κ3) is 4.38. The van der Waals surface area contributed by atoms with E-state index in [1.807, 2.05) is 26.0 Å². The molecule has 1 saturated heterocycles. The normalized spacial score (nSPS) is 20.8. The van der Waals surface area contributed by atoms with Crippen molar-refractivity contribution >= 4 is 46.6 Å². The van der Waals surface area contributed by atoms with E-state index >= 15 is 4.39 Å². The number of carbonyl (C=O) groups excluding carboxylic acids is 2. The maximum Gasteiger partial charge on any atom is 0.270 e. The highest BCUT2D eigenvalue weighted by molar-refractivity contribution is 7.80. The molecule has 35 heavy (non-hydrogen) atoms. The molecule has 1 unspecified atom stereocenters. The zero-order chi connectivity index (χ0) is 25.7. The summed E-state index contributed by atoms with van der Waals surface area (Å²) in [6.07, 6.45) is 3.23. The summed E-state index contributed by atoms with van der Waals surface area (Å²) in [6.45, 7) is 13.3. The highest BCUT2D eigenvalue weighted by Gasteiger charge is 2.38. The topological polar surface area (TPSA) is 52.7 Å². The van der Waals surface area contributed by atoms with Gasteiger partial charge in [-0.15, -0.1) is 0 Å². The highest BCUT2D eigenvalue weighted by atomic mass is 32.1. The average molecular weight is 494 g/mol. The van der Waals surface area contributed by atoms with Crippen LogP contribution in [0, 0.1) is 19.7 Å². The molecule has 0 spiro atoms. The van der Waals surface area contributed by atoms with Crippen LogP contribution in [0.5, 0.6) is 0 Å². The molecule has 4 rings (SSSR count). The fraction of sp³-hybridized carbons (Fsp3) is 0.393. The first-order chi connectivity index (χ1) is 16.5. The van der Waals surface area contributed by atoms with Gasteiger partial charge >= 0.3 is 0 Å². The van der Waals surface area contributed by atoms with Crippen LogP contribution in [-0.2, 0) is 9.59 Å². The maximum atomic E-state index is 15.4. The Bertz CT molecular complexity index is 1270. The molecule has 184 valence electrons. The average Bonchev–Trinajstić information content (AvgIpc) is 2.77. The molecule has 1 fully saturated rings. The molecule has 0 aromatic heterocycles. The number of anilines is 2. The van der Waals surface area contributed by atoms with Crippen molar-refractivity contribution in [1.29, 1.82) is 0 Å². The quantitative estimate of drug-likeness (QED) is 0.333. The van der Waals surface area contributed by atoms with Gasteiger partial charge in [0.1, 0.15) is 11.4 Å². The molecule has 0 radical (unpaired) electrons. The Labute approximate surface area is 212 Å². The van der Waals surface area contributed by atoms with Crippen LogP contribution in [0.4, 0.5) is 15.8 Å². The van der Waals surface area contributed by atoms with Gasteiger partial charge in [0.05, 0.1) is 5.69 Å². The molecule has 7 heteroatoms. The number of hydrogen-bond acceptors (Lipinski definition) is 4. The number of thiocarbonyl (C=S) groups is 1. The van der Waals surface area contributed by atoms with E-state index in [1.54, 1.807) is 18.2 Å². The smallest absolute Gasteiger partial charge is 0.270 e. The number of benzene rings is 2. The lowest BCUT2D eigenvalue weighted by Crippen LogP contribution is -2.54. The van der Waals surface area contributed by atoms with E-state index in [0.717, 1.165) is 41.8 Å². The maximum absolute atomic E-state index is 15.4. The first-order valence-corrected chi connectivity index (χ1v) is 12.5. The number of nitrogens with one attached hydrogen (secondary N) is 1. The zero-order valence-electron chi connectivity index (χ0n) is 21.2. The Kier molecular flexibility index (Phi) is 6.58. The van der Waals surface area contributed by atoms with E-state index in [2.05, 4.69) is 37.9 Å². The van der Waals surface area contributed by atoms with E-state index in [4.69, 9.17) is 12.2 Å². The number of fused-ring (bicyclic) bond motifs is 1. The van der Waals surface area contributed by atoms with E-state index < -0.39 is 17.6 Å². The van der Waals surface area contributed by atoms with Crippen molar-refractivity contribution < 1.29 is 14.0 Å². The van der Waals surface area contributed by atoms with Crippen LogP contribution < -0.4 is 15.1 Å². The van der Waals surface area contributed by atoms with Gasteiger partial charge in [0.15, 0.2) is 5.11 Å². The van der Waals surface area contributed by atoms with Crippen LogP contribution in [0.1, 0.15) is 68.7 Å². The molecule has 0 aliphatic carbocycles. The van der Waals surface area contributed by atoms with E-state index in [-0.39, 0.29) is 27.7 Å². The molecule has 0 saturated carbocycles. The number of nitrogens with zero attached hydrogens (tertiary/aromatic N) is 2. The van der Waals surface area contributed by atoms with Crippen LogP contribution >= 0.6 is 12.2 Å². The van der Waals surface area contributed by atoms with Crippen LogP contribution in [-0.4, -0.2) is 29.0 Å². The summed E-state index contributed by atoms with van der Waals surface area (Å²) in [5.74, 6) is -1.44. The Morgan fingerprint density at radius 2 is 1.91 bits per heavy atom. The van der Waals surface area contributed by atoms with Crippen LogP contribution in [0.3, 0.4) is 0 Å². The Morgan fingerprint density at radius 3 is 2.60 bits per heavy atom. The molecule has 1 N–H and O–H groups in total. The van der Waals surface area contributed by atoms with Gasteiger partial charge in [0, 0.05) is 23.3 Å². The molecule has 0 bridgehead atoms. The minimum Gasteiger partial charge on any atom is -0.366 e. The standard InChI is InChI=1S/C28H32FN3O2S/c1-7-11-31-24-14-22(29)19(12-20(24)17(3)15-28(31,5)6)13-21-25(33)30-27(35)32(26(21)34)23-10-8-9-16(2)18(23)4/h8-10,12-14,17H,7,11,15H2,1-6H3,(H,30,33,35)/b21-13-. The van der Waals surface area contributed by atoms with E-state index in [1.165, 1.54) is 11.0 Å².